The molecule has 0 aliphatic heterocycles. The maximum absolute atomic E-state index is 13.3. The van der Waals surface area contributed by atoms with Crippen LogP contribution in [0.5, 0.6) is 5.75 Å². The van der Waals surface area contributed by atoms with Crippen LogP contribution in [0.4, 0.5) is 4.39 Å². The zero-order chi connectivity index (χ0) is 18.4. The third-order valence-corrected chi connectivity index (χ3v) is 3.60. The number of aliphatic hydroxyl groups is 1. The fraction of sp³-hybridized carbons (Fsp3) is 0.222. The molecule has 0 radical (unpaired) electrons. The van der Waals surface area contributed by atoms with Crippen LogP contribution in [0, 0.1) is 5.82 Å². The minimum Gasteiger partial charge on any atom is -0.497 e. The summed E-state index contributed by atoms with van der Waals surface area (Å²) in [6.45, 7) is 0. The van der Waals surface area contributed by atoms with E-state index in [1.54, 1.807) is 24.3 Å². The van der Waals surface area contributed by atoms with Gasteiger partial charge < -0.3 is 19.9 Å². The van der Waals surface area contributed by atoms with Crippen molar-refractivity contribution in [3.05, 3.63) is 65.5 Å². The van der Waals surface area contributed by atoms with Gasteiger partial charge in [-0.1, -0.05) is 18.2 Å². The molecule has 0 bridgehead atoms. The van der Waals surface area contributed by atoms with Crippen molar-refractivity contribution in [2.75, 3.05) is 14.2 Å². The second-order valence-electron chi connectivity index (χ2n) is 5.20. The number of rotatable bonds is 6. The number of esters is 1. The van der Waals surface area contributed by atoms with Crippen molar-refractivity contribution in [2.24, 2.45) is 0 Å². The van der Waals surface area contributed by atoms with Crippen molar-refractivity contribution in [1.29, 1.82) is 0 Å². The summed E-state index contributed by atoms with van der Waals surface area (Å²) >= 11 is 0. The van der Waals surface area contributed by atoms with Gasteiger partial charge in [-0.25, -0.2) is 9.18 Å². The van der Waals surface area contributed by atoms with Crippen molar-refractivity contribution < 1.29 is 28.6 Å². The van der Waals surface area contributed by atoms with Gasteiger partial charge in [-0.05, 0) is 35.9 Å². The molecule has 2 rings (SSSR count). The maximum Gasteiger partial charge on any atom is 0.331 e. The molecule has 0 saturated heterocycles. The molecule has 0 spiro atoms. The molecular formula is C18H18FNO5. The summed E-state index contributed by atoms with van der Waals surface area (Å²) in [4.78, 5) is 24.2. The standard InChI is InChI=1S/C18H18FNO5/c1-24-14-8-6-11(7-9-14)16(21)15(18(23)25-2)20-17(22)12-4-3-5-13(19)10-12/h3-10,15-16,21H,1-2H3,(H,20,22). The number of methoxy groups -OCH3 is 2. The van der Waals surface area contributed by atoms with Crippen LogP contribution in [0.25, 0.3) is 0 Å². The van der Waals surface area contributed by atoms with Gasteiger partial charge in [0.15, 0.2) is 6.04 Å². The Kier molecular flexibility index (Phi) is 6.08. The van der Waals surface area contributed by atoms with E-state index in [0.717, 1.165) is 13.2 Å². The largest absolute Gasteiger partial charge is 0.497 e. The molecule has 2 aromatic rings. The zero-order valence-corrected chi connectivity index (χ0v) is 13.7. The summed E-state index contributed by atoms with van der Waals surface area (Å²) in [5.41, 5.74) is 0.409. The van der Waals surface area contributed by atoms with Crippen LogP contribution in [0.1, 0.15) is 22.0 Å². The second kappa shape index (κ2) is 8.25. The first-order valence-electron chi connectivity index (χ1n) is 7.42. The quantitative estimate of drug-likeness (QED) is 0.779. The van der Waals surface area contributed by atoms with E-state index in [9.17, 15) is 19.1 Å². The van der Waals surface area contributed by atoms with E-state index >= 15 is 0 Å². The van der Waals surface area contributed by atoms with Crippen LogP contribution in [-0.4, -0.2) is 37.2 Å². The van der Waals surface area contributed by atoms with Crippen LogP contribution in [0.3, 0.4) is 0 Å². The number of halogens is 1. The average molecular weight is 347 g/mol. The first kappa shape index (κ1) is 18.4. The molecule has 2 N–H and O–H groups in total. The molecule has 25 heavy (non-hydrogen) atoms. The predicted octanol–water partition coefficient (Wildman–Crippen LogP) is 1.84. The number of benzene rings is 2. The summed E-state index contributed by atoms with van der Waals surface area (Å²) in [5, 5.41) is 12.8. The number of carbonyl (C=O) groups is 2. The number of hydrogen-bond donors (Lipinski definition) is 2. The Morgan fingerprint density at radius 2 is 1.80 bits per heavy atom. The molecule has 0 aliphatic carbocycles. The monoisotopic (exact) mass is 347 g/mol. The van der Waals surface area contributed by atoms with E-state index in [-0.39, 0.29) is 5.56 Å². The molecule has 132 valence electrons. The molecule has 0 aliphatic rings. The second-order valence-corrected chi connectivity index (χ2v) is 5.20. The van der Waals surface area contributed by atoms with Gasteiger partial charge in [-0.3, -0.25) is 4.79 Å². The van der Waals surface area contributed by atoms with E-state index in [0.29, 0.717) is 11.3 Å². The van der Waals surface area contributed by atoms with Gasteiger partial charge in [-0.2, -0.15) is 0 Å². The fourth-order valence-electron chi connectivity index (χ4n) is 2.24. The molecule has 2 unspecified atom stereocenters. The molecule has 0 saturated carbocycles. The Hall–Kier alpha value is -2.93. The lowest BCUT2D eigenvalue weighted by Gasteiger charge is -2.22. The predicted molar refractivity (Wildman–Crippen MR) is 87.6 cm³/mol. The van der Waals surface area contributed by atoms with E-state index in [4.69, 9.17) is 4.74 Å². The van der Waals surface area contributed by atoms with Crippen molar-refractivity contribution in [1.82, 2.24) is 5.32 Å². The van der Waals surface area contributed by atoms with Crippen LogP contribution in [0.15, 0.2) is 48.5 Å². The molecule has 2 aromatic carbocycles. The Morgan fingerprint density at radius 1 is 1.12 bits per heavy atom. The SMILES string of the molecule is COC(=O)C(NC(=O)c1cccc(F)c1)C(O)c1ccc(OC)cc1. The number of hydrogen-bond acceptors (Lipinski definition) is 5. The van der Waals surface area contributed by atoms with Gasteiger partial charge >= 0.3 is 5.97 Å². The van der Waals surface area contributed by atoms with Crippen molar-refractivity contribution in [2.45, 2.75) is 12.1 Å². The highest BCUT2D eigenvalue weighted by molar-refractivity contribution is 5.97. The summed E-state index contributed by atoms with van der Waals surface area (Å²) < 4.78 is 22.9. The molecule has 1 amide bonds. The van der Waals surface area contributed by atoms with Crippen molar-refractivity contribution in [3.63, 3.8) is 0 Å². The van der Waals surface area contributed by atoms with Gasteiger partial charge in [0.25, 0.3) is 5.91 Å². The Labute approximate surface area is 144 Å². The number of amides is 1. The number of carbonyl (C=O) groups excluding carboxylic acids is 2. The Balaban J connectivity index is 2.22. The maximum atomic E-state index is 13.3. The van der Waals surface area contributed by atoms with Crippen molar-refractivity contribution >= 4 is 11.9 Å². The minimum absolute atomic E-state index is 0.0239. The summed E-state index contributed by atoms with van der Waals surface area (Å²) in [7, 11) is 2.65. The first-order chi connectivity index (χ1) is 12.0. The Bertz CT molecular complexity index is 747. The highest BCUT2D eigenvalue weighted by atomic mass is 19.1. The van der Waals surface area contributed by atoms with Gasteiger partial charge in [0.2, 0.25) is 0 Å². The molecule has 7 heteroatoms. The highest BCUT2D eigenvalue weighted by Gasteiger charge is 2.31. The molecular weight excluding hydrogens is 329 g/mol. The fourth-order valence-corrected chi connectivity index (χ4v) is 2.24. The average Bonchev–Trinajstić information content (AvgIpc) is 2.64. The summed E-state index contributed by atoms with van der Waals surface area (Å²) in [5.74, 6) is -1.54. The molecule has 6 nitrogen and oxygen atoms in total. The molecule has 0 fully saturated rings. The Morgan fingerprint density at radius 3 is 2.36 bits per heavy atom. The van der Waals surface area contributed by atoms with E-state index < -0.39 is 29.8 Å². The van der Waals surface area contributed by atoms with Crippen LogP contribution in [0.2, 0.25) is 0 Å². The molecule has 2 atom stereocenters. The van der Waals surface area contributed by atoms with Gasteiger partial charge in [0.1, 0.15) is 17.7 Å². The summed E-state index contributed by atoms with van der Waals surface area (Å²) in [6.07, 6.45) is -1.35. The van der Waals surface area contributed by atoms with Crippen LogP contribution >= 0.6 is 0 Å². The lowest BCUT2D eigenvalue weighted by Crippen LogP contribution is -2.45. The summed E-state index contributed by atoms with van der Waals surface area (Å²) in [6, 6.07) is 9.99. The number of ether oxygens (including phenoxy) is 2. The topological polar surface area (TPSA) is 84.9 Å². The van der Waals surface area contributed by atoms with Gasteiger partial charge in [0, 0.05) is 5.56 Å². The molecule has 0 heterocycles. The van der Waals surface area contributed by atoms with Crippen LogP contribution < -0.4 is 10.1 Å². The van der Waals surface area contributed by atoms with E-state index in [1.807, 2.05) is 0 Å². The molecule has 0 aromatic heterocycles. The normalized spacial score (nSPS) is 12.8. The third-order valence-electron chi connectivity index (χ3n) is 3.60. The van der Waals surface area contributed by atoms with Crippen molar-refractivity contribution in [3.8, 4) is 5.75 Å². The van der Waals surface area contributed by atoms with Gasteiger partial charge in [-0.15, -0.1) is 0 Å². The minimum atomic E-state index is -1.35. The first-order valence-corrected chi connectivity index (χ1v) is 7.42. The number of nitrogens with one attached hydrogen (secondary N) is 1. The third kappa shape index (κ3) is 4.54. The lowest BCUT2D eigenvalue weighted by atomic mass is 10.0. The highest BCUT2D eigenvalue weighted by Crippen LogP contribution is 2.21. The number of aliphatic hydroxyl groups excluding tert-OH is 1. The van der Waals surface area contributed by atoms with Gasteiger partial charge in [0.05, 0.1) is 14.2 Å². The van der Waals surface area contributed by atoms with E-state index in [1.165, 1.54) is 25.3 Å². The smallest absolute Gasteiger partial charge is 0.331 e. The van der Waals surface area contributed by atoms with Crippen LogP contribution in [-0.2, 0) is 9.53 Å². The lowest BCUT2D eigenvalue weighted by molar-refractivity contribution is -0.146. The zero-order valence-electron chi connectivity index (χ0n) is 13.7. The van der Waals surface area contributed by atoms with E-state index in [2.05, 4.69) is 10.1 Å².